The van der Waals surface area contributed by atoms with E-state index in [0.29, 0.717) is 5.56 Å². The van der Waals surface area contributed by atoms with Crippen LogP contribution >= 0.6 is 15.9 Å². The second-order valence-corrected chi connectivity index (χ2v) is 5.83. The molecule has 0 bridgehead atoms. The molecule has 1 fully saturated rings. The summed E-state index contributed by atoms with van der Waals surface area (Å²) in [6, 6.07) is 15.4. The zero-order valence-corrected chi connectivity index (χ0v) is 13.0. The van der Waals surface area contributed by atoms with Gasteiger partial charge in [0.05, 0.1) is 11.6 Å². The first-order valence-electron chi connectivity index (χ1n) is 6.67. The molecule has 1 amide bonds. The van der Waals surface area contributed by atoms with Gasteiger partial charge in [0.25, 0.3) is 11.7 Å². The number of benzene rings is 2. The number of aliphatic hydroxyl groups is 1. The zero-order valence-electron chi connectivity index (χ0n) is 11.4. The quantitative estimate of drug-likeness (QED) is 0.492. The molecule has 0 aliphatic carbocycles. The maximum absolute atomic E-state index is 12.1. The third-order valence-electron chi connectivity index (χ3n) is 3.52. The molecule has 110 valence electrons. The predicted molar refractivity (Wildman–Crippen MR) is 86.0 cm³/mol. The molecule has 3 rings (SSSR count). The topological polar surface area (TPSA) is 66.4 Å². The zero-order chi connectivity index (χ0) is 15.7. The second-order valence-electron chi connectivity index (χ2n) is 4.92. The van der Waals surface area contributed by atoms with E-state index in [9.17, 15) is 14.7 Å². The van der Waals surface area contributed by atoms with Gasteiger partial charge in [-0.05, 0) is 17.7 Å². The molecule has 0 aromatic heterocycles. The van der Waals surface area contributed by atoms with Crippen LogP contribution in [0.4, 0.5) is 0 Å². The fourth-order valence-corrected chi connectivity index (χ4v) is 2.69. The lowest BCUT2D eigenvalue weighted by atomic mass is 9.96. The van der Waals surface area contributed by atoms with Crippen LogP contribution in [0.3, 0.4) is 0 Å². The van der Waals surface area contributed by atoms with Crippen molar-refractivity contribution in [1.29, 1.82) is 0 Å². The van der Waals surface area contributed by atoms with Crippen molar-refractivity contribution < 1.29 is 14.7 Å². The molecule has 22 heavy (non-hydrogen) atoms. The number of halogens is 1. The molecule has 2 aromatic carbocycles. The molecular formula is C17H12BrNO3. The van der Waals surface area contributed by atoms with Gasteiger partial charge in [-0.2, -0.15) is 0 Å². The molecule has 1 saturated heterocycles. The normalized spacial score (nSPS) is 20.0. The first-order chi connectivity index (χ1) is 10.6. The number of Topliss-reactive ketones (excluding diaryl/α,β-unsaturated/α-hetero) is 1. The Kier molecular flexibility index (Phi) is 3.81. The van der Waals surface area contributed by atoms with E-state index in [2.05, 4.69) is 21.2 Å². The third kappa shape index (κ3) is 2.55. The average molecular weight is 358 g/mol. The van der Waals surface area contributed by atoms with Gasteiger partial charge in [-0.15, -0.1) is 0 Å². The lowest BCUT2D eigenvalue weighted by Crippen LogP contribution is -2.21. The monoisotopic (exact) mass is 357 g/mol. The number of ketones is 1. The van der Waals surface area contributed by atoms with Gasteiger partial charge in [0, 0.05) is 10.0 Å². The Morgan fingerprint density at radius 3 is 2.27 bits per heavy atom. The Morgan fingerprint density at radius 2 is 1.64 bits per heavy atom. The summed E-state index contributed by atoms with van der Waals surface area (Å²) in [5.74, 6) is -1.58. The van der Waals surface area contributed by atoms with E-state index in [-0.39, 0.29) is 11.3 Å². The summed E-state index contributed by atoms with van der Waals surface area (Å²) in [6.45, 7) is 0. The number of carbonyl (C=O) groups is 2. The average Bonchev–Trinajstić information content (AvgIpc) is 2.84. The number of aliphatic hydroxyl groups excluding tert-OH is 1. The molecule has 2 N–H and O–H groups in total. The van der Waals surface area contributed by atoms with E-state index in [4.69, 9.17) is 0 Å². The van der Waals surface area contributed by atoms with Crippen LogP contribution in [0, 0.1) is 0 Å². The molecule has 0 saturated carbocycles. The van der Waals surface area contributed by atoms with E-state index >= 15 is 0 Å². The standard InChI is InChI=1S/C17H12BrNO3/c18-12-8-6-11(7-9-12)15(20)13-14(19-17(22)16(13)21)10-4-2-1-3-5-10/h1-9,14,20H,(H,19,22)/b15-13+/t14-/m0/s1. The number of hydrogen-bond acceptors (Lipinski definition) is 3. The molecule has 0 radical (unpaired) electrons. The Balaban J connectivity index is 2.11. The van der Waals surface area contributed by atoms with E-state index < -0.39 is 17.7 Å². The van der Waals surface area contributed by atoms with Gasteiger partial charge in [-0.1, -0.05) is 58.4 Å². The third-order valence-corrected chi connectivity index (χ3v) is 4.05. The maximum atomic E-state index is 12.1. The smallest absolute Gasteiger partial charge is 0.293 e. The van der Waals surface area contributed by atoms with Crippen LogP contribution in [0.15, 0.2) is 64.6 Å². The molecule has 0 unspecified atom stereocenters. The Bertz CT molecular complexity index is 766. The molecule has 1 aliphatic rings. The van der Waals surface area contributed by atoms with Gasteiger partial charge in [-0.25, -0.2) is 0 Å². The molecule has 2 aromatic rings. The van der Waals surface area contributed by atoms with Crippen molar-refractivity contribution in [2.75, 3.05) is 0 Å². The fraction of sp³-hybridized carbons (Fsp3) is 0.0588. The minimum absolute atomic E-state index is 0.0820. The van der Waals surface area contributed by atoms with Gasteiger partial charge in [0.2, 0.25) is 0 Å². The first kappa shape index (κ1) is 14.5. The Labute approximate surface area is 135 Å². The van der Waals surface area contributed by atoms with Crippen LogP contribution in [0.5, 0.6) is 0 Å². The van der Waals surface area contributed by atoms with E-state index in [1.165, 1.54) is 0 Å². The predicted octanol–water partition coefficient (Wildman–Crippen LogP) is 3.16. The number of amides is 1. The van der Waals surface area contributed by atoms with Gasteiger partial charge in [-0.3, -0.25) is 9.59 Å². The van der Waals surface area contributed by atoms with E-state index in [0.717, 1.165) is 10.0 Å². The van der Waals surface area contributed by atoms with Crippen LogP contribution in [-0.4, -0.2) is 16.8 Å². The second kappa shape index (κ2) is 5.77. The molecule has 1 heterocycles. The van der Waals surface area contributed by atoms with Gasteiger partial charge in [0.15, 0.2) is 0 Å². The highest BCUT2D eigenvalue weighted by molar-refractivity contribution is 9.10. The summed E-state index contributed by atoms with van der Waals surface area (Å²) in [4.78, 5) is 23.9. The molecular weight excluding hydrogens is 346 g/mol. The van der Waals surface area contributed by atoms with Gasteiger partial charge < -0.3 is 10.4 Å². The largest absolute Gasteiger partial charge is 0.507 e. The summed E-state index contributed by atoms with van der Waals surface area (Å²) in [6.07, 6.45) is 0. The summed E-state index contributed by atoms with van der Waals surface area (Å²) < 4.78 is 0.862. The van der Waals surface area contributed by atoms with E-state index in [1.54, 1.807) is 36.4 Å². The van der Waals surface area contributed by atoms with Crippen molar-refractivity contribution in [2.45, 2.75) is 6.04 Å². The number of hydrogen-bond donors (Lipinski definition) is 2. The molecule has 1 atom stereocenters. The fourth-order valence-electron chi connectivity index (χ4n) is 2.43. The van der Waals surface area contributed by atoms with Gasteiger partial charge >= 0.3 is 0 Å². The van der Waals surface area contributed by atoms with Crippen LogP contribution in [0.25, 0.3) is 5.76 Å². The summed E-state index contributed by atoms with van der Waals surface area (Å²) in [5, 5.41) is 13.1. The molecule has 0 spiro atoms. The summed E-state index contributed by atoms with van der Waals surface area (Å²) in [7, 11) is 0. The lowest BCUT2D eigenvalue weighted by molar-refractivity contribution is -0.133. The highest BCUT2D eigenvalue weighted by atomic mass is 79.9. The van der Waals surface area contributed by atoms with Crippen molar-refractivity contribution in [1.82, 2.24) is 5.32 Å². The molecule has 4 nitrogen and oxygen atoms in total. The number of nitrogens with one attached hydrogen (secondary N) is 1. The van der Waals surface area contributed by atoms with Crippen LogP contribution in [0.2, 0.25) is 0 Å². The number of carbonyl (C=O) groups excluding carboxylic acids is 2. The maximum Gasteiger partial charge on any atom is 0.293 e. The van der Waals surface area contributed by atoms with Crippen molar-refractivity contribution >= 4 is 33.4 Å². The Morgan fingerprint density at radius 1 is 1.00 bits per heavy atom. The highest BCUT2D eigenvalue weighted by Gasteiger charge is 2.39. The first-order valence-corrected chi connectivity index (χ1v) is 7.46. The van der Waals surface area contributed by atoms with Crippen molar-refractivity contribution in [3.8, 4) is 0 Å². The van der Waals surface area contributed by atoms with Gasteiger partial charge in [0.1, 0.15) is 5.76 Å². The van der Waals surface area contributed by atoms with Crippen molar-refractivity contribution in [3.63, 3.8) is 0 Å². The SMILES string of the molecule is O=C1N[C@@H](c2ccccc2)/C(=C(\O)c2ccc(Br)cc2)C1=O. The van der Waals surface area contributed by atoms with Crippen molar-refractivity contribution in [3.05, 3.63) is 75.8 Å². The summed E-state index contributed by atoms with van der Waals surface area (Å²) >= 11 is 3.32. The van der Waals surface area contributed by atoms with Crippen LogP contribution in [-0.2, 0) is 9.59 Å². The minimum Gasteiger partial charge on any atom is -0.507 e. The van der Waals surface area contributed by atoms with Crippen molar-refractivity contribution in [2.24, 2.45) is 0 Å². The summed E-state index contributed by atoms with van der Waals surface area (Å²) in [5.41, 5.74) is 1.32. The Hall–Kier alpha value is -2.40. The molecule has 1 aliphatic heterocycles. The highest BCUT2D eigenvalue weighted by Crippen LogP contribution is 2.32. The molecule has 5 heteroatoms. The number of rotatable bonds is 2. The minimum atomic E-state index is -0.701. The lowest BCUT2D eigenvalue weighted by Gasteiger charge is -2.13. The van der Waals surface area contributed by atoms with Crippen LogP contribution < -0.4 is 5.32 Å². The van der Waals surface area contributed by atoms with Crippen LogP contribution in [0.1, 0.15) is 17.2 Å². The van der Waals surface area contributed by atoms with E-state index in [1.807, 2.05) is 18.2 Å².